The highest BCUT2D eigenvalue weighted by Crippen LogP contribution is 2.25. The Hall–Kier alpha value is -3.48. The van der Waals surface area contributed by atoms with E-state index in [4.69, 9.17) is 4.52 Å². The second kappa shape index (κ2) is 8.34. The highest BCUT2D eigenvalue weighted by Gasteiger charge is 2.17. The minimum Gasteiger partial charge on any atom is -0.343 e. The van der Waals surface area contributed by atoms with Crippen LogP contribution in [-0.4, -0.2) is 43.6 Å². The van der Waals surface area contributed by atoms with Crippen molar-refractivity contribution in [2.75, 3.05) is 13.1 Å². The lowest BCUT2D eigenvalue weighted by Gasteiger charge is -2.26. The van der Waals surface area contributed by atoms with E-state index in [2.05, 4.69) is 15.1 Å². The molecule has 0 aliphatic carbocycles. The molecule has 7 nitrogen and oxygen atoms in total. The predicted molar refractivity (Wildman–Crippen MR) is 118 cm³/mol. The van der Waals surface area contributed by atoms with Gasteiger partial charge in [0.1, 0.15) is 0 Å². The summed E-state index contributed by atoms with van der Waals surface area (Å²) in [7, 11) is 0. The zero-order valence-corrected chi connectivity index (χ0v) is 17.6. The van der Waals surface area contributed by atoms with E-state index in [0.717, 1.165) is 53.7 Å². The zero-order valence-electron chi connectivity index (χ0n) is 17.6. The molecule has 0 bridgehead atoms. The minimum atomic E-state index is 0.230. The predicted octanol–water partition coefficient (Wildman–Crippen LogP) is 4.46. The number of imidazole rings is 1. The summed E-state index contributed by atoms with van der Waals surface area (Å²) in [6.45, 7) is 4.44. The van der Waals surface area contributed by atoms with Gasteiger partial charge in [0, 0.05) is 37.2 Å². The van der Waals surface area contributed by atoms with Gasteiger partial charge in [0.25, 0.3) is 5.89 Å². The third-order valence-electron chi connectivity index (χ3n) is 5.85. The maximum absolute atomic E-state index is 12.5. The first kappa shape index (κ1) is 19.5. The van der Waals surface area contributed by atoms with Crippen LogP contribution in [-0.2, 0) is 11.3 Å². The van der Waals surface area contributed by atoms with Crippen LogP contribution >= 0.6 is 0 Å². The molecular formula is C24H25N5O2. The molecule has 7 heteroatoms. The average molecular weight is 415 g/mol. The first-order chi connectivity index (χ1) is 15.2. The number of fused-ring (bicyclic) bond motifs is 1. The van der Waals surface area contributed by atoms with Crippen LogP contribution < -0.4 is 0 Å². The topological polar surface area (TPSA) is 77.1 Å². The number of aromatic nitrogens is 4. The molecule has 0 unspecified atom stereocenters. The molecule has 158 valence electrons. The van der Waals surface area contributed by atoms with Crippen LogP contribution in [0.3, 0.4) is 0 Å². The van der Waals surface area contributed by atoms with Gasteiger partial charge in [0.05, 0.1) is 17.4 Å². The largest absolute Gasteiger partial charge is 0.343 e. The summed E-state index contributed by atoms with van der Waals surface area (Å²) in [6.07, 6.45) is 5.75. The summed E-state index contributed by atoms with van der Waals surface area (Å²) >= 11 is 0. The number of benzene rings is 2. The molecule has 0 atom stereocenters. The molecule has 1 amide bonds. The molecule has 0 spiro atoms. The molecular weight excluding hydrogens is 390 g/mol. The smallest absolute Gasteiger partial charge is 0.258 e. The molecule has 0 saturated carbocycles. The number of carbonyl (C=O) groups excluding carboxylic acids is 1. The van der Waals surface area contributed by atoms with E-state index in [0.29, 0.717) is 24.7 Å². The zero-order chi connectivity index (χ0) is 21.2. The number of nitrogens with zero attached hydrogens (tertiary/aromatic N) is 5. The van der Waals surface area contributed by atoms with Crippen molar-refractivity contribution >= 4 is 16.9 Å². The standard InChI is InChI=1S/C24H25N5O2/c1-17-6-5-7-19(14-17)24-26-23(27-31-24)18-8-9-21-20(15-18)25-16-29(21)13-10-22(30)28-11-3-2-4-12-28/h5-9,14-16H,2-4,10-13H2,1H3. The first-order valence-electron chi connectivity index (χ1n) is 10.8. The van der Waals surface area contributed by atoms with Crippen LogP contribution in [0.1, 0.15) is 31.2 Å². The van der Waals surface area contributed by atoms with E-state index in [1.807, 2.05) is 58.9 Å². The number of likely N-dealkylation sites (tertiary alicyclic amines) is 1. The van der Waals surface area contributed by atoms with Crippen LogP contribution in [0.4, 0.5) is 0 Å². The molecule has 1 aliphatic heterocycles. The number of piperidine rings is 1. The summed E-state index contributed by atoms with van der Waals surface area (Å²) in [5, 5.41) is 4.15. The lowest BCUT2D eigenvalue weighted by atomic mass is 10.1. The molecule has 1 saturated heterocycles. The van der Waals surface area contributed by atoms with E-state index < -0.39 is 0 Å². The van der Waals surface area contributed by atoms with Crippen LogP contribution in [0.5, 0.6) is 0 Å². The van der Waals surface area contributed by atoms with Gasteiger partial charge in [-0.05, 0) is 56.5 Å². The molecule has 2 aromatic carbocycles. The number of hydrogen-bond acceptors (Lipinski definition) is 5. The van der Waals surface area contributed by atoms with Crippen molar-refractivity contribution in [3.8, 4) is 22.8 Å². The van der Waals surface area contributed by atoms with Gasteiger partial charge in [0.2, 0.25) is 11.7 Å². The molecule has 31 heavy (non-hydrogen) atoms. The molecule has 0 N–H and O–H groups in total. The monoisotopic (exact) mass is 415 g/mol. The third-order valence-corrected chi connectivity index (χ3v) is 5.85. The molecule has 0 radical (unpaired) electrons. The average Bonchev–Trinajstić information content (AvgIpc) is 3.45. The summed E-state index contributed by atoms with van der Waals surface area (Å²) in [6, 6.07) is 13.9. The van der Waals surface area contributed by atoms with Gasteiger partial charge in [-0.25, -0.2) is 4.98 Å². The Morgan fingerprint density at radius 2 is 1.94 bits per heavy atom. The number of amides is 1. The number of hydrogen-bond donors (Lipinski definition) is 0. The minimum absolute atomic E-state index is 0.230. The molecule has 4 aromatic rings. The Morgan fingerprint density at radius 1 is 1.06 bits per heavy atom. The lowest BCUT2D eigenvalue weighted by molar-refractivity contribution is -0.132. The SMILES string of the molecule is Cc1cccc(-c2nc(-c3ccc4c(c3)ncn4CCC(=O)N3CCCCC3)no2)c1. The van der Waals surface area contributed by atoms with Crippen molar-refractivity contribution in [2.45, 2.75) is 39.2 Å². The van der Waals surface area contributed by atoms with Gasteiger partial charge in [-0.1, -0.05) is 22.9 Å². The summed E-state index contributed by atoms with van der Waals surface area (Å²) < 4.78 is 7.51. The second-order valence-corrected chi connectivity index (χ2v) is 8.13. The van der Waals surface area contributed by atoms with Crippen LogP contribution in [0.2, 0.25) is 0 Å². The maximum Gasteiger partial charge on any atom is 0.258 e. The highest BCUT2D eigenvalue weighted by molar-refractivity contribution is 5.81. The molecule has 5 rings (SSSR count). The summed E-state index contributed by atoms with van der Waals surface area (Å²) in [5.74, 6) is 1.27. The van der Waals surface area contributed by atoms with Crippen molar-refractivity contribution in [1.29, 1.82) is 0 Å². The Kier molecular flexibility index (Phi) is 5.24. The normalized spacial score (nSPS) is 14.3. The first-order valence-corrected chi connectivity index (χ1v) is 10.8. The van der Waals surface area contributed by atoms with Gasteiger partial charge in [-0.15, -0.1) is 0 Å². The highest BCUT2D eigenvalue weighted by atomic mass is 16.5. The van der Waals surface area contributed by atoms with E-state index in [9.17, 15) is 4.79 Å². The van der Waals surface area contributed by atoms with E-state index in [1.54, 1.807) is 6.33 Å². The van der Waals surface area contributed by atoms with E-state index >= 15 is 0 Å². The number of carbonyl (C=O) groups is 1. The number of rotatable bonds is 5. The summed E-state index contributed by atoms with van der Waals surface area (Å²) in [4.78, 5) is 23.5. The van der Waals surface area contributed by atoms with Gasteiger partial charge in [0.15, 0.2) is 0 Å². The van der Waals surface area contributed by atoms with Gasteiger partial charge in [-0.3, -0.25) is 4.79 Å². The summed E-state index contributed by atoms with van der Waals surface area (Å²) in [5.41, 5.74) is 4.75. The van der Waals surface area contributed by atoms with Crippen LogP contribution in [0, 0.1) is 6.92 Å². The Labute approximate surface area is 180 Å². The van der Waals surface area contributed by atoms with E-state index in [1.165, 1.54) is 6.42 Å². The Balaban J connectivity index is 1.32. The van der Waals surface area contributed by atoms with Crippen LogP contribution in [0.25, 0.3) is 33.9 Å². The Morgan fingerprint density at radius 3 is 2.77 bits per heavy atom. The quantitative estimate of drug-likeness (QED) is 0.481. The van der Waals surface area contributed by atoms with Gasteiger partial charge >= 0.3 is 0 Å². The molecule has 1 aliphatic rings. The van der Waals surface area contributed by atoms with Gasteiger partial charge < -0.3 is 14.0 Å². The van der Waals surface area contributed by atoms with Crippen molar-refractivity contribution < 1.29 is 9.32 Å². The van der Waals surface area contributed by atoms with Gasteiger partial charge in [-0.2, -0.15) is 4.98 Å². The third kappa shape index (κ3) is 4.08. The van der Waals surface area contributed by atoms with Crippen LogP contribution in [0.15, 0.2) is 53.3 Å². The van der Waals surface area contributed by atoms with Crippen molar-refractivity contribution in [1.82, 2.24) is 24.6 Å². The fraction of sp³-hybridized carbons (Fsp3) is 0.333. The molecule has 1 fully saturated rings. The Bertz CT molecular complexity index is 1220. The molecule has 3 heterocycles. The number of aryl methyl sites for hydroxylation is 2. The van der Waals surface area contributed by atoms with Crippen molar-refractivity contribution in [3.05, 3.63) is 54.4 Å². The second-order valence-electron chi connectivity index (χ2n) is 8.13. The van der Waals surface area contributed by atoms with Crippen molar-refractivity contribution in [2.24, 2.45) is 0 Å². The lowest BCUT2D eigenvalue weighted by Crippen LogP contribution is -2.35. The molecule has 2 aromatic heterocycles. The maximum atomic E-state index is 12.5. The fourth-order valence-corrected chi connectivity index (χ4v) is 4.13. The van der Waals surface area contributed by atoms with E-state index in [-0.39, 0.29) is 5.91 Å². The van der Waals surface area contributed by atoms with Crippen molar-refractivity contribution in [3.63, 3.8) is 0 Å². The fourth-order valence-electron chi connectivity index (χ4n) is 4.13.